The smallest absolute Gasteiger partial charge is 0.0230 e. The highest BCUT2D eigenvalue weighted by atomic mass is 35.5. The monoisotopic (exact) mass is 343 g/mol. The van der Waals surface area contributed by atoms with E-state index in [-0.39, 0.29) is 12.4 Å². The highest BCUT2D eigenvalue weighted by Gasteiger charge is 2.09. The number of benzene rings is 2. The second kappa shape index (κ2) is 9.86. The van der Waals surface area contributed by atoms with E-state index in [4.69, 9.17) is 0 Å². The summed E-state index contributed by atoms with van der Waals surface area (Å²) < 4.78 is 0. The minimum Gasteiger partial charge on any atom is -0.302 e. The molecule has 1 aliphatic carbocycles. The fourth-order valence-electron chi connectivity index (χ4n) is 3.65. The van der Waals surface area contributed by atoms with E-state index < -0.39 is 0 Å². The summed E-state index contributed by atoms with van der Waals surface area (Å²) in [5.74, 6) is 0. The van der Waals surface area contributed by atoms with Gasteiger partial charge >= 0.3 is 0 Å². The highest BCUT2D eigenvalue weighted by molar-refractivity contribution is 5.85. The summed E-state index contributed by atoms with van der Waals surface area (Å²) in [6.45, 7) is 2.23. The number of hydrogen-bond acceptors (Lipinski definition) is 1. The van der Waals surface area contributed by atoms with Crippen molar-refractivity contribution in [2.75, 3.05) is 13.6 Å². The van der Waals surface area contributed by atoms with Crippen LogP contribution in [-0.4, -0.2) is 18.5 Å². The number of aryl methyl sites for hydroxylation is 3. The Morgan fingerprint density at radius 3 is 2.38 bits per heavy atom. The van der Waals surface area contributed by atoms with Gasteiger partial charge in [-0.15, -0.1) is 12.4 Å². The van der Waals surface area contributed by atoms with Crippen molar-refractivity contribution in [3.8, 4) is 0 Å². The second-order valence-corrected chi connectivity index (χ2v) is 6.99. The molecular formula is C22H30ClN. The third-order valence-corrected chi connectivity index (χ3v) is 4.96. The Morgan fingerprint density at radius 1 is 0.833 bits per heavy atom. The summed E-state index contributed by atoms with van der Waals surface area (Å²) in [5, 5.41) is 0. The van der Waals surface area contributed by atoms with Crippen molar-refractivity contribution in [1.82, 2.24) is 4.90 Å². The maximum Gasteiger partial charge on any atom is 0.0230 e. The van der Waals surface area contributed by atoms with Gasteiger partial charge in [-0.1, -0.05) is 55.0 Å². The molecule has 3 rings (SSSR count). The molecule has 1 nitrogen and oxygen atoms in total. The summed E-state index contributed by atoms with van der Waals surface area (Å²) in [7, 11) is 2.25. The van der Waals surface area contributed by atoms with Crippen molar-refractivity contribution in [3.63, 3.8) is 0 Å². The largest absolute Gasteiger partial charge is 0.302 e. The third kappa shape index (κ3) is 5.65. The molecule has 2 aromatic carbocycles. The zero-order valence-electron chi connectivity index (χ0n) is 14.8. The first-order chi connectivity index (χ1) is 11.3. The highest BCUT2D eigenvalue weighted by Crippen LogP contribution is 2.22. The van der Waals surface area contributed by atoms with Crippen LogP contribution in [0.2, 0.25) is 0 Å². The summed E-state index contributed by atoms with van der Waals surface area (Å²) >= 11 is 0. The molecule has 0 spiro atoms. The summed E-state index contributed by atoms with van der Waals surface area (Å²) in [5.41, 5.74) is 6.13. The van der Waals surface area contributed by atoms with Gasteiger partial charge in [0.15, 0.2) is 0 Å². The van der Waals surface area contributed by atoms with E-state index in [0.29, 0.717) is 0 Å². The second-order valence-electron chi connectivity index (χ2n) is 6.99. The average Bonchev–Trinajstić information content (AvgIpc) is 2.81. The molecule has 0 N–H and O–H groups in total. The lowest BCUT2D eigenvalue weighted by Crippen LogP contribution is -2.19. The number of fused-ring (bicyclic) bond motifs is 1. The molecule has 0 saturated heterocycles. The lowest BCUT2D eigenvalue weighted by atomic mass is 10.00. The SMILES string of the molecule is CN(CCCc1ccccc1)Cc1ccc2c(c1)CCCCC2.Cl. The van der Waals surface area contributed by atoms with Crippen LogP contribution in [0.5, 0.6) is 0 Å². The van der Waals surface area contributed by atoms with Gasteiger partial charge in [-0.25, -0.2) is 0 Å². The number of hydrogen-bond donors (Lipinski definition) is 0. The van der Waals surface area contributed by atoms with Gasteiger partial charge in [0.25, 0.3) is 0 Å². The van der Waals surface area contributed by atoms with Gasteiger partial charge in [0, 0.05) is 6.54 Å². The van der Waals surface area contributed by atoms with Gasteiger partial charge in [0.05, 0.1) is 0 Å². The minimum atomic E-state index is 0. The molecule has 0 bridgehead atoms. The van der Waals surface area contributed by atoms with E-state index in [1.165, 1.54) is 56.1 Å². The van der Waals surface area contributed by atoms with Gasteiger partial charge in [-0.3, -0.25) is 0 Å². The number of rotatable bonds is 6. The molecular weight excluding hydrogens is 314 g/mol. The molecule has 130 valence electrons. The predicted molar refractivity (Wildman–Crippen MR) is 106 cm³/mol. The molecule has 0 unspecified atom stereocenters. The molecule has 2 aromatic rings. The van der Waals surface area contributed by atoms with Crippen molar-refractivity contribution < 1.29 is 0 Å². The van der Waals surface area contributed by atoms with Crippen molar-refractivity contribution in [3.05, 3.63) is 70.8 Å². The van der Waals surface area contributed by atoms with Gasteiger partial charge in [-0.05, 0) is 74.4 Å². The first-order valence-electron chi connectivity index (χ1n) is 9.14. The molecule has 0 atom stereocenters. The molecule has 1 aliphatic rings. The van der Waals surface area contributed by atoms with Crippen LogP contribution in [0.3, 0.4) is 0 Å². The molecule has 0 aliphatic heterocycles. The van der Waals surface area contributed by atoms with Crippen molar-refractivity contribution in [1.29, 1.82) is 0 Å². The lowest BCUT2D eigenvalue weighted by Gasteiger charge is -2.18. The normalized spacial score (nSPS) is 13.9. The topological polar surface area (TPSA) is 3.24 Å². The van der Waals surface area contributed by atoms with Crippen molar-refractivity contribution >= 4 is 12.4 Å². The Labute approximate surface area is 153 Å². The molecule has 0 saturated carbocycles. The maximum absolute atomic E-state index is 2.47. The fraction of sp³-hybridized carbons (Fsp3) is 0.455. The van der Waals surface area contributed by atoms with E-state index in [0.717, 1.165) is 13.1 Å². The summed E-state index contributed by atoms with van der Waals surface area (Å²) in [4.78, 5) is 2.46. The molecule has 24 heavy (non-hydrogen) atoms. The fourth-order valence-corrected chi connectivity index (χ4v) is 3.65. The van der Waals surface area contributed by atoms with E-state index in [1.54, 1.807) is 11.1 Å². The van der Waals surface area contributed by atoms with Crippen LogP contribution in [0.25, 0.3) is 0 Å². The van der Waals surface area contributed by atoms with Gasteiger partial charge in [-0.2, -0.15) is 0 Å². The number of halogens is 1. The zero-order valence-corrected chi connectivity index (χ0v) is 15.7. The summed E-state index contributed by atoms with van der Waals surface area (Å²) in [6.07, 6.45) is 9.09. The summed E-state index contributed by atoms with van der Waals surface area (Å²) in [6, 6.07) is 18.0. The quantitative estimate of drug-likeness (QED) is 0.631. The van der Waals surface area contributed by atoms with Crippen LogP contribution in [0.4, 0.5) is 0 Å². The van der Waals surface area contributed by atoms with Crippen LogP contribution in [0, 0.1) is 0 Å². The first-order valence-corrected chi connectivity index (χ1v) is 9.14. The molecule has 0 heterocycles. The van der Waals surface area contributed by atoms with Crippen LogP contribution >= 0.6 is 12.4 Å². The lowest BCUT2D eigenvalue weighted by molar-refractivity contribution is 0.322. The Hall–Kier alpha value is -1.31. The first kappa shape index (κ1) is 19.0. The van der Waals surface area contributed by atoms with Crippen LogP contribution < -0.4 is 0 Å². The van der Waals surface area contributed by atoms with Gasteiger partial charge in [0.1, 0.15) is 0 Å². The Morgan fingerprint density at radius 2 is 1.58 bits per heavy atom. The van der Waals surface area contributed by atoms with Gasteiger partial charge < -0.3 is 4.90 Å². The van der Waals surface area contributed by atoms with E-state index in [9.17, 15) is 0 Å². The van der Waals surface area contributed by atoms with Gasteiger partial charge in [0.2, 0.25) is 0 Å². The molecule has 0 aromatic heterocycles. The molecule has 0 amide bonds. The van der Waals surface area contributed by atoms with E-state index >= 15 is 0 Å². The Balaban J connectivity index is 0.00000208. The predicted octanol–water partition coefficient (Wildman–Crippen LogP) is 5.44. The van der Waals surface area contributed by atoms with E-state index in [1.807, 2.05) is 0 Å². The zero-order chi connectivity index (χ0) is 15.9. The standard InChI is InChI=1S/C22H29N.ClH/c1-23(16-8-11-19-9-4-2-5-10-19)18-20-14-15-21-12-6-3-7-13-22(21)17-20;/h2,4-5,9-10,14-15,17H,3,6-8,11-13,16,18H2,1H3;1H. The molecule has 2 heteroatoms. The maximum atomic E-state index is 2.47. The molecule has 0 radical (unpaired) electrons. The molecule has 0 fully saturated rings. The van der Waals surface area contributed by atoms with Crippen LogP contribution in [0.15, 0.2) is 48.5 Å². The Bertz CT molecular complexity index is 609. The third-order valence-electron chi connectivity index (χ3n) is 4.96. The minimum absolute atomic E-state index is 0. The van der Waals surface area contributed by atoms with Crippen LogP contribution in [-0.2, 0) is 25.8 Å². The van der Waals surface area contributed by atoms with Crippen molar-refractivity contribution in [2.45, 2.75) is 51.5 Å². The average molecular weight is 344 g/mol. The number of nitrogens with zero attached hydrogens (tertiary/aromatic N) is 1. The Kier molecular flexibility index (Phi) is 7.81. The van der Waals surface area contributed by atoms with E-state index in [2.05, 4.69) is 60.5 Å². The van der Waals surface area contributed by atoms with Crippen LogP contribution in [0.1, 0.15) is 47.9 Å². The van der Waals surface area contributed by atoms with Crippen molar-refractivity contribution in [2.24, 2.45) is 0 Å².